The van der Waals surface area contributed by atoms with Gasteiger partial charge in [-0.1, -0.05) is 0 Å². The molecule has 0 amide bonds. The topological polar surface area (TPSA) is 63.4 Å². The quantitative estimate of drug-likeness (QED) is 0.833. The van der Waals surface area contributed by atoms with E-state index in [0.29, 0.717) is 6.61 Å². The first kappa shape index (κ1) is 15.4. The van der Waals surface area contributed by atoms with Crippen LogP contribution in [-0.2, 0) is 18.3 Å². The van der Waals surface area contributed by atoms with Crippen LogP contribution >= 0.6 is 0 Å². The molecule has 0 saturated carbocycles. The Morgan fingerprint density at radius 3 is 2.80 bits per heavy atom. The Labute approximate surface area is 120 Å². The highest BCUT2D eigenvalue weighted by Crippen LogP contribution is 2.33. The third-order valence-electron chi connectivity index (χ3n) is 4.46. The molecule has 0 aromatic carbocycles. The summed E-state index contributed by atoms with van der Waals surface area (Å²) in [6, 6.07) is 0. The predicted octanol–water partition coefficient (Wildman–Crippen LogP) is 0.735. The van der Waals surface area contributed by atoms with Gasteiger partial charge in [-0.05, 0) is 32.7 Å². The highest BCUT2D eigenvalue weighted by atomic mass is 16.5. The molecule has 1 saturated heterocycles. The Balaban J connectivity index is 2.00. The molecule has 2 rings (SSSR count). The molecule has 0 aliphatic carbocycles. The fraction of sp³-hybridized carbons (Fsp3) is 0.857. The van der Waals surface area contributed by atoms with Crippen LogP contribution in [0.3, 0.4) is 0 Å². The van der Waals surface area contributed by atoms with E-state index in [1.807, 2.05) is 18.5 Å². The lowest BCUT2D eigenvalue weighted by atomic mass is 9.78. The maximum atomic E-state index is 9.80. The molecule has 1 aliphatic heterocycles. The summed E-state index contributed by atoms with van der Waals surface area (Å²) in [4.78, 5) is 2.37. The van der Waals surface area contributed by atoms with E-state index in [-0.39, 0.29) is 12.0 Å². The van der Waals surface area contributed by atoms with Gasteiger partial charge in [0.1, 0.15) is 11.6 Å². The van der Waals surface area contributed by atoms with Crippen molar-refractivity contribution in [2.24, 2.45) is 12.5 Å². The maximum Gasteiger partial charge on any atom is 0.146 e. The summed E-state index contributed by atoms with van der Waals surface area (Å²) in [6.07, 6.45) is 3.09. The van der Waals surface area contributed by atoms with Gasteiger partial charge in [0.2, 0.25) is 0 Å². The number of ether oxygens (including phenoxy) is 1. The van der Waals surface area contributed by atoms with Gasteiger partial charge >= 0.3 is 0 Å². The predicted molar refractivity (Wildman–Crippen MR) is 76.3 cm³/mol. The van der Waals surface area contributed by atoms with Crippen molar-refractivity contribution in [3.63, 3.8) is 0 Å². The zero-order valence-electron chi connectivity index (χ0n) is 12.8. The second kappa shape index (κ2) is 6.65. The molecule has 1 fully saturated rings. The van der Waals surface area contributed by atoms with E-state index in [4.69, 9.17) is 4.74 Å². The Morgan fingerprint density at radius 1 is 1.40 bits per heavy atom. The number of aryl methyl sites for hydroxylation is 1. The van der Waals surface area contributed by atoms with E-state index in [9.17, 15) is 5.11 Å². The molecule has 1 aromatic heterocycles. The van der Waals surface area contributed by atoms with Gasteiger partial charge in [-0.3, -0.25) is 4.90 Å². The van der Waals surface area contributed by atoms with Gasteiger partial charge < -0.3 is 14.4 Å². The summed E-state index contributed by atoms with van der Waals surface area (Å²) in [7, 11) is 3.72. The third-order valence-corrected chi connectivity index (χ3v) is 4.46. The SMILES string of the molecule is COCC[C@@]1(CO)CCCN(Cc2nnc(C)n2C)C1. The number of nitrogens with zero attached hydrogens (tertiary/aromatic N) is 4. The molecule has 1 N–H and O–H groups in total. The van der Waals surface area contributed by atoms with Gasteiger partial charge in [0, 0.05) is 32.7 Å². The van der Waals surface area contributed by atoms with Gasteiger partial charge in [0.25, 0.3) is 0 Å². The largest absolute Gasteiger partial charge is 0.396 e. The molecule has 6 heteroatoms. The second-order valence-corrected chi connectivity index (χ2v) is 5.94. The third kappa shape index (κ3) is 3.37. The van der Waals surface area contributed by atoms with Crippen molar-refractivity contribution in [1.82, 2.24) is 19.7 Å². The van der Waals surface area contributed by atoms with Crippen molar-refractivity contribution < 1.29 is 9.84 Å². The molecule has 1 aliphatic rings. The van der Waals surface area contributed by atoms with Crippen LogP contribution in [0.1, 0.15) is 30.9 Å². The molecule has 0 spiro atoms. The summed E-state index contributed by atoms with van der Waals surface area (Å²) in [5, 5.41) is 18.1. The number of likely N-dealkylation sites (tertiary alicyclic amines) is 1. The van der Waals surface area contributed by atoms with Crippen molar-refractivity contribution in [2.75, 3.05) is 33.4 Å². The molecular weight excluding hydrogens is 256 g/mol. The lowest BCUT2D eigenvalue weighted by molar-refractivity contribution is 0.00368. The molecule has 114 valence electrons. The summed E-state index contributed by atoms with van der Waals surface area (Å²) >= 11 is 0. The average molecular weight is 282 g/mol. The summed E-state index contributed by atoms with van der Waals surface area (Å²) in [5.41, 5.74) is -0.0259. The van der Waals surface area contributed by atoms with E-state index >= 15 is 0 Å². The molecule has 0 unspecified atom stereocenters. The Morgan fingerprint density at radius 2 is 2.20 bits per heavy atom. The van der Waals surface area contributed by atoms with Gasteiger partial charge in [-0.15, -0.1) is 10.2 Å². The molecule has 2 heterocycles. The molecular formula is C14H26N4O2. The molecule has 0 bridgehead atoms. The normalized spacial score (nSPS) is 24.2. The maximum absolute atomic E-state index is 9.80. The van der Waals surface area contributed by atoms with Crippen molar-refractivity contribution >= 4 is 0 Å². The van der Waals surface area contributed by atoms with E-state index < -0.39 is 0 Å². The number of rotatable bonds is 6. The highest BCUT2D eigenvalue weighted by molar-refractivity contribution is 4.95. The lowest BCUT2D eigenvalue weighted by Gasteiger charge is -2.41. The van der Waals surface area contributed by atoms with Crippen LogP contribution in [0.4, 0.5) is 0 Å². The lowest BCUT2D eigenvalue weighted by Crippen LogP contribution is -2.45. The van der Waals surface area contributed by atoms with Gasteiger partial charge in [0.05, 0.1) is 13.2 Å². The average Bonchev–Trinajstić information content (AvgIpc) is 2.77. The van der Waals surface area contributed by atoms with Crippen LogP contribution in [0.25, 0.3) is 0 Å². The molecule has 0 radical (unpaired) electrons. The van der Waals surface area contributed by atoms with Gasteiger partial charge in [-0.25, -0.2) is 0 Å². The smallest absolute Gasteiger partial charge is 0.146 e. The summed E-state index contributed by atoms with van der Waals surface area (Å²) in [6.45, 7) is 5.65. The van der Waals surface area contributed by atoms with Gasteiger partial charge in [0.15, 0.2) is 0 Å². The van der Waals surface area contributed by atoms with E-state index in [2.05, 4.69) is 15.1 Å². The van der Waals surface area contributed by atoms with Crippen molar-refractivity contribution in [3.8, 4) is 0 Å². The number of hydrogen-bond donors (Lipinski definition) is 1. The highest BCUT2D eigenvalue weighted by Gasteiger charge is 2.35. The minimum Gasteiger partial charge on any atom is -0.396 e. The molecule has 6 nitrogen and oxygen atoms in total. The van der Waals surface area contributed by atoms with Crippen LogP contribution in [-0.4, -0.2) is 58.2 Å². The standard InChI is InChI=1S/C14H26N4O2/c1-12-15-16-13(17(12)2)9-18-7-4-5-14(10-18,11-19)6-8-20-3/h19H,4-11H2,1-3H3/t14-/m0/s1. The zero-order chi connectivity index (χ0) is 14.6. The number of hydrogen-bond acceptors (Lipinski definition) is 5. The minimum absolute atomic E-state index is 0.0259. The van der Waals surface area contributed by atoms with Crippen LogP contribution in [0.15, 0.2) is 0 Å². The number of aliphatic hydroxyl groups is 1. The van der Waals surface area contributed by atoms with Gasteiger partial charge in [-0.2, -0.15) is 0 Å². The Hall–Kier alpha value is -0.980. The first-order valence-corrected chi connectivity index (χ1v) is 7.27. The second-order valence-electron chi connectivity index (χ2n) is 5.94. The number of methoxy groups -OCH3 is 1. The molecule has 20 heavy (non-hydrogen) atoms. The number of aromatic nitrogens is 3. The van der Waals surface area contributed by atoms with E-state index in [1.165, 1.54) is 0 Å². The first-order valence-electron chi connectivity index (χ1n) is 7.27. The van der Waals surface area contributed by atoms with Crippen molar-refractivity contribution in [1.29, 1.82) is 0 Å². The number of piperidine rings is 1. The van der Waals surface area contributed by atoms with Crippen LogP contribution in [0, 0.1) is 12.3 Å². The summed E-state index contributed by atoms with van der Waals surface area (Å²) < 4.78 is 7.22. The van der Waals surface area contributed by atoms with Crippen LogP contribution < -0.4 is 0 Å². The molecule has 1 atom stereocenters. The monoisotopic (exact) mass is 282 g/mol. The Kier molecular flexibility index (Phi) is 5.12. The van der Waals surface area contributed by atoms with Crippen molar-refractivity contribution in [2.45, 2.75) is 32.7 Å². The molecule has 1 aromatic rings. The van der Waals surface area contributed by atoms with Crippen molar-refractivity contribution in [3.05, 3.63) is 11.6 Å². The minimum atomic E-state index is -0.0259. The first-order chi connectivity index (χ1) is 9.60. The Bertz CT molecular complexity index is 435. The van der Waals surface area contributed by atoms with E-state index in [1.54, 1.807) is 7.11 Å². The fourth-order valence-electron chi connectivity index (χ4n) is 2.96. The van der Waals surface area contributed by atoms with Crippen LogP contribution in [0.5, 0.6) is 0 Å². The van der Waals surface area contributed by atoms with Crippen LogP contribution in [0.2, 0.25) is 0 Å². The van der Waals surface area contributed by atoms with E-state index in [0.717, 1.165) is 50.5 Å². The zero-order valence-corrected chi connectivity index (χ0v) is 12.8. The number of aliphatic hydroxyl groups excluding tert-OH is 1. The summed E-state index contributed by atoms with van der Waals surface area (Å²) in [5.74, 6) is 1.92. The fourth-order valence-corrected chi connectivity index (χ4v) is 2.96.